The highest BCUT2D eigenvalue weighted by atomic mass is 35.5. The van der Waals surface area contributed by atoms with Gasteiger partial charge in [-0.15, -0.1) is 0 Å². The Hall–Kier alpha value is -3.97. The van der Waals surface area contributed by atoms with Crippen molar-refractivity contribution in [3.05, 3.63) is 106 Å². The number of anilines is 1. The third-order valence-corrected chi connectivity index (χ3v) is 5.67. The van der Waals surface area contributed by atoms with Crippen molar-refractivity contribution < 1.29 is 28.6 Å². The van der Waals surface area contributed by atoms with Gasteiger partial charge in [-0.25, -0.2) is 9.18 Å². The number of carbonyl (C=O) groups excluding carboxylic acids is 3. The Bertz CT molecular complexity index is 1300. The van der Waals surface area contributed by atoms with Crippen molar-refractivity contribution in [3.8, 4) is 0 Å². The molecule has 172 valence electrons. The first kappa shape index (κ1) is 23.2. The van der Waals surface area contributed by atoms with Gasteiger partial charge in [0, 0.05) is 21.8 Å². The predicted molar refractivity (Wildman–Crippen MR) is 125 cm³/mol. The number of amides is 1. The van der Waals surface area contributed by atoms with Crippen molar-refractivity contribution >= 4 is 40.7 Å². The number of benzene rings is 3. The number of Topliss-reactive ketones (excluding diaryl/α,β-unsaturated/α-hetero) is 1. The molecule has 1 aliphatic rings. The molecule has 4 rings (SSSR count). The van der Waals surface area contributed by atoms with Crippen LogP contribution in [0.15, 0.2) is 78.4 Å². The summed E-state index contributed by atoms with van der Waals surface area (Å²) >= 11 is 5.92. The molecule has 3 aromatic rings. The maximum Gasteiger partial charge on any atom is 0.338 e. The van der Waals surface area contributed by atoms with E-state index in [1.165, 1.54) is 66.7 Å². The maximum absolute atomic E-state index is 14.9. The first-order valence-electron chi connectivity index (χ1n) is 10.4. The van der Waals surface area contributed by atoms with Crippen LogP contribution in [0, 0.1) is 5.82 Å². The summed E-state index contributed by atoms with van der Waals surface area (Å²) in [6.07, 6.45) is 0. The molecule has 0 bridgehead atoms. The molecule has 3 aromatic carbocycles. The fraction of sp³-hybridized carbons (Fsp3) is 0.115. The quantitative estimate of drug-likeness (QED) is 0.233. The number of rotatable bonds is 5. The summed E-state index contributed by atoms with van der Waals surface area (Å²) in [5.41, 5.74) is 0.532. The number of ketones is 1. The molecule has 1 fully saturated rings. The maximum atomic E-state index is 14.9. The Labute approximate surface area is 199 Å². The highest BCUT2D eigenvalue weighted by molar-refractivity contribution is 6.51. The normalized spacial score (nSPS) is 17.1. The van der Waals surface area contributed by atoms with Gasteiger partial charge in [-0.05, 0) is 61.5 Å². The van der Waals surface area contributed by atoms with Crippen molar-refractivity contribution in [1.82, 2.24) is 0 Å². The lowest BCUT2D eigenvalue weighted by molar-refractivity contribution is -0.132. The van der Waals surface area contributed by atoms with Crippen LogP contribution in [0.5, 0.6) is 0 Å². The van der Waals surface area contributed by atoms with Crippen molar-refractivity contribution in [1.29, 1.82) is 0 Å². The van der Waals surface area contributed by atoms with Gasteiger partial charge in [0.05, 0.1) is 23.8 Å². The molecule has 1 heterocycles. The summed E-state index contributed by atoms with van der Waals surface area (Å²) in [6, 6.07) is 16.4. The van der Waals surface area contributed by atoms with Crippen molar-refractivity contribution in [2.45, 2.75) is 13.0 Å². The molecular weight excluding hydrogens is 461 g/mol. The van der Waals surface area contributed by atoms with Crippen LogP contribution in [-0.2, 0) is 14.3 Å². The molecule has 8 heteroatoms. The van der Waals surface area contributed by atoms with E-state index in [1.807, 2.05) is 0 Å². The average Bonchev–Trinajstić information content (AvgIpc) is 3.10. The van der Waals surface area contributed by atoms with Crippen molar-refractivity contribution in [3.63, 3.8) is 0 Å². The summed E-state index contributed by atoms with van der Waals surface area (Å²) in [5, 5.41) is 11.4. The van der Waals surface area contributed by atoms with Gasteiger partial charge in [0.25, 0.3) is 11.7 Å². The smallest absolute Gasteiger partial charge is 0.338 e. The van der Waals surface area contributed by atoms with E-state index in [0.717, 1.165) is 4.90 Å². The van der Waals surface area contributed by atoms with E-state index in [9.17, 15) is 23.9 Å². The molecule has 1 amide bonds. The first-order valence-corrected chi connectivity index (χ1v) is 10.8. The summed E-state index contributed by atoms with van der Waals surface area (Å²) in [7, 11) is 0. The Morgan fingerprint density at radius 1 is 1.00 bits per heavy atom. The van der Waals surface area contributed by atoms with Crippen LogP contribution in [-0.4, -0.2) is 29.4 Å². The Balaban J connectivity index is 1.88. The molecule has 0 spiro atoms. The second-order valence-corrected chi connectivity index (χ2v) is 7.90. The fourth-order valence-corrected chi connectivity index (χ4v) is 3.95. The number of aliphatic hydroxyl groups is 1. The minimum atomic E-state index is -1.23. The van der Waals surface area contributed by atoms with Crippen LogP contribution in [0.1, 0.15) is 34.5 Å². The SMILES string of the molecule is CCOC(=O)c1ccc(N2C(=O)C(=O)C(=C(O)c3ccc(Cl)cc3)C2c2ccccc2F)cc1. The van der Waals surface area contributed by atoms with Gasteiger partial charge >= 0.3 is 5.97 Å². The van der Waals surface area contributed by atoms with Gasteiger partial charge in [-0.3, -0.25) is 14.5 Å². The summed E-state index contributed by atoms with van der Waals surface area (Å²) in [4.78, 5) is 39.3. The molecule has 1 aliphatic heterocycles. The lowest BCUT2D eigenvalue weighted by atomic mass is 9.94. The molecule has 1 atom stereocenters. The van der Waals surface area contributed by atoms with Crippen LogP contribution >= 0.6 is 11.6 Å². The molecule has 0 saturated carbocycles. The summed E-state index contributed by atoms with van der Waals surface area (Å²) < 4.78 is 19.9. The molecule has 0 radical (unpaired) electrons. The Morgan fingerprint density at radius 2 is 1.62 bits per heavy atom. The van der Waals surface area contributed by atoms with Crippen molar-refractivity contribution in [2.24, 2.45) is 0 Å². The van der Waals surface area contributed by atoms with Gasteiger partial charge in [-0.2, -0.15) is 0 Å². The lowest BCUT2D eigenvalue weighted by Crippen LogP contribution is -2.29. The molecule has 6 nitrogen and oxygen atoms in total. The Kier molecular flexibility index (Phi) is 6.47. The number of carbonyl (C=O) groups is 3. The second-order valence-electron chi connectivity index (χ2n) is 7.46. The van der Waals surface area contributed by atoms with E-state index in [2.05, 4.69) is 0 Å². The van der Waals surface area contributed by atoms with Gasteiger partial charge < -0.3 is 9.84 Å². The minimum absolute atomic E-state index is 0.0340. The largest absolute Gasteiger partial charge is 0.507 e. The molecule has 0 aliphatic carbocycles. The second kappa shape index (κ2) is 9.49. The molecule has 0 aromatic heterocycles. The van der Waals surface area contributed by atoms with E-state index in [-0.39, 0.29) is 34.6 Å². The fourth-order valence-electron chi connectivity index (χ4n) is 3.83. The number of aliphatic hydroxyl groups excluding tert-OH is 1. The summed E-state index contributed by atoms with van der Waals surface area (Å²) in [5.74, 6) is -3.54. The van der Waals surface area contributed by atoms with Crippen LogP contribution in [0.3, 0.4) is 0 Å². The number of hydrogen-bond donors (Lipinski definition) is 1. The number of halogens is 2. The third kappa shape index (κ3) is 4.18. The van der Waals surface area contributed by atoms with Crippen LogP contribution < -0.4 is 4.90 Å². The zero-order chi connectivity index (χ0) is 24.4. The Morgan fingerprint density at radius 3 is 2.24 bits per heavy atom. The van der Waals surface area contributed by atoms with Gasteiger partial charge in [0.2, 0.25) is 0 Å². The predicted octanol–water partition coefficient (Wildman–Crippen LogP) is 5.28. The average molecular weight is 480 g/mol. The molecule has 1 saturated heterocycles. The highest BCUT2D eigenvalue weighted by Crippen LogP contribution is 2.43. The van der Waals surface area contributed by atoms with Crippen LogP contribution in [0.2, 0.25) is 5.02 Å². The highest BCUT2D eigenvalue weighted by Gasteiger charge is 2.47. The van der Waals surface area contributed by atoms with E-state index in [0.29, 0.717) is 5.02 Å². The third-order valence-electron chi connectivity index (χ3n) is 5.42. The number of esters is 1. The van der Waals surface area contributed by atoms with Crippen molar-refractivity contribution in [2.75, 3.05) is 11.5 Å². The van der Waals surface area contributed by atoms with Crippen LogP contribution in [0.4, 0.5) is 10.1 Å². The van der Waals surface area contributed by atoms with E-state index < -0.39 is 35.3 Å². The van der Waals surface area contributed by atoms with Crippen LogP contribution in [0.25, 0.3) is 5.76 Å². The van der Waals surface area contributed by atoms with E-state index >= 15 is 0 Å². The monoisotopic (exact) mass is 479 g/mol. The molecule has 1 N–H and O–H groups in total. The summed E-state index contributed by atoms with van der Waals surface area (Å²) in [6.45, 7) is 1.88. The lowest BCUT2D eigenvalue weighted by Gasteiger charge is -2.26. The van der Waals surface area contributed by atoms with E-state index in [1.54, 1.807) is 13.0 Å². The standard InChI is InChI=1S/C26H19ClFNO5/c1-2-34-26(33)16-9-13-18(14-10-16)29-22(19-5-3-4-6-20(19)28)21(24(31)25(29)32)23(30)15-7-11-17(27)12-8-15/h3-14,22,30H,2H2,1H3. The number of ether oxygens (including phenoxy) is 1. The van der Waals surface area contributed by atoms with Gasteiger partial charge in [0.1, 0.15) is 11.6 Å². The zero-order valence-electron chi connectivity index (χ0n) is 18.0. The zero-order valence-corrected chi connectivity index (χ0v) is 18.8. The number of nitrogens with zero attached hydrogens (tertiary/aromatic N) is 1. The topological polar surface area (TPSA) is 83.9 Å². The molecular formula is C26H19ClFNO5. The van der Waals surface area contributed by atoms with Gasteiger partial charge in [0.15, 0.2) is 0 Å². The minimum Gasteiger partial charge on any atom is -0.507 e. The van der Waals surface area contributed by atoms with E-state index in [4.69, 9.17) is 16.3 Å². The van der Waals surface area contributed by atoms with Gasteiger partial charge in [-0.1, -0.05) is 29.8 Å². The first-order chi connectivity index (χ1) is 16.3. The molecule has 34 heavy (non-hydrogen) atoms. The molecule has 1 unspecified atom stereocenters. The number of hydrogen-bond acceptors (Lipinski definition) is 5.